The summed E-state index contributed by atoms with van der Waals surface area (Å²) in [4.78, 5) is 23.5. The lowest BCUT2D eigenvalue weighted by Crippen LogP contribution is -2.25. The van der Waals surface area contributed by atoms with Crippen LogP contribution in [0.4, 0.5) is 0 Å². The molecule has 4 aromatic heterocycles. The normalized spacial score (nSPS) is 12.4. The van der Waals surface area contributed by atoms with Crippen LogP contribution in [0.25, 0.3) is 16.0 Å². The van der Waals surface area contributed by atoms with Gasteiger partial charge < -0.3 is 5.32 Å². The van der Waals surface area contributed by atoms with Crippen LogP contribution in [0.1, 0.15) is 68.0 Å². The standard InChI is InChI=1S/C21H26N6OS/c1-12(2)16-9-15(17-13(3)25-27(18(17)24-16)21(4,5)6)19(28)22-10-14-11-26-7-8-29-20(26)23-14/h7-9,11-12H,10H2,1-6H3,(H,22,28). The Kier molecular flexibility index (Phi) is 4.69. The Labute approximate surface area is 173 Å². The molecule has 0 radical (unpaired) electrons. The monoisotopic (exact) mass is 410 g/mol. The Bertz CT molecular complexity index is 1180. The number of amides is 1. The second-order valence-corrected chi connectivity index (χ2v) is 9.50. The van der Waals surface area contributed by atoms with Crippen LogP contribution in [0.2, 0.25) is 0 Å². The largest absolute Gasteiger partial charge is 0.346 e. The number of hydrogen-bond donors (Lipinski definition) is 1. The number of carbonyl (C=O) groups is 1. The summed E-state index contributed by atoms with van der Waals surface area (Å²) in [6.45, 7) is 12.7. The summed E-state index contributed by atoms with van der Waals surface area (Å²) in [6.07, 6.45) is 3.90. The summed E-state index contributed by atoms with van der Waals surface area (Å²) < 4.78 is 3.88. The Hall–Kier alpha value is -2.74. The summed E-state index contributed by atoms with van der Waals surface area (Å²) in [5.41, 5.74) is 3.68. The van der Waals surface area contributed by atoms with Crippen molar-refractivity contribution in [1.82, 2.24) is 29.5 Å². The molecule has 1 N–H and O–H groups in total. The molecule has 4 aromatic rings. The van der Waals surface area contributed by atoms with E-state index in [1.807, 2.05) is 39.8 Å². The zero-order valence-electron chi connectivity index (χ0n) is 17.6. The molecule has 1 amide bonds. The van der Waals surface area contributed by atoms with E-state index in [1.54, 1.807) is 11.3 Å². The highest BCUT2D eigenvalue weighted by Crippen LogP contribution is 2.29. The van der Waals surface area contributed by atoms with Crippen molar-refractivity contribution < 1.29 is 4.79 Å². The van der Waals surface area contributed by atoms with Crippen molar-refractivity contribution in [2.75, 3.05) is 0 Å². The Morgan fingerprint density at radius 1 is 1.28 bits per heavy atom. The van der Waals surface area contributed by atoms with Gasteiger partial charge in [-0.3, -0.25) is 9.20 Å². The van der Waals surface area contributed by atoms with Crippen LogP contribution in [0, 0.1) is 6.92 Å². The van der Waals surface area contributed by atoms with Crippen LogP contribution in [0.5, 0.6) is 0 Å². The van der Waals surface area contributed by atoms with E-state index in [9.17, 15) is 4.79 Å². The molecule has 0 saturated carbocycles. The van der Waals surface area contributed by atoms with Gasteiger partial charge in [0.15, 0.2) is 10.6 Å². The topological polar surface area (TPSA) is 77.1 Å². The summed E-state index contributed by atoms with van der Waals surface area (Å²) in [7, 11) is 0. The van der Waals surface area contributed by atoms with E-state index in [-0.39, 0.29) is 17.4 Å². The summed E-state index contributed by atoms with van der Waals surface area (Å²) in [5, 5.41) is 10.5. The third-order valence-electron chi connectivity index (χ3n) is 4.88. The summed E-state index contributed by atoms with van der Waals surface area (Å²) in [5.74, 6) is 0.0710. The second kappa shape index (κ2) is 6.95. The maximum atomic E-state index is 13.2. The fourth-order valence-electron chi connectivity index (χ4n) is 3.38. The highest BCUT2D eigenvalue weighted by Gasteiger charge is 2.25. The predicted octanol–water partition coefficient (Wildman–Crippen LogP) is 4.26. The van der Waals surface area contributed by atoms with Crippen molar-refractivity contribution in [2.24, 2.45) is 0 Å². The fraction of sp³-hybridized carbons (Fsp3) is 0.429. The number of pyridine rings is 1. The van der Waals surface area contributed by atoms with E-state index >= 15 is 0 Å². The molecule has 8 heteroatoms. The van der Waals surface area contributed by atoms with Crippen LogP contribution in [0.3, 0.4) is 0 Å². The van der Waals surface area contributed by atoms with Crippen molar-refractivity contribution in [2.45, 2.75) is 59.5 Å². The number of aromatic nitrogens is 5. The Morgan fingerprint density at radius 2 is 2.03 bits per heavy atom. The average molecular weight is 411 g/mol. The smallest absolute Gasteiger partial charge is 0.252 e. The molecule has 0 saturated heterocycles. The number of nitrogens with one attached hydrogen (secondary N) is 1. The highest BCUT2D eigenvalue weighted by atomic mass is 32.1. The maximum absolute atomic E-state index is 13.2. The molecular weight excluding hydrogens is 384 g/mol. The minimum Gasteiger partial charge on any atom is -0.346 e. The number of carbonyl (C=O) groups excluding carboxylic acids is 1. The Morgan fingerprint density at radius 3 is 2.69 bits per heavy atom. The van der Waals surface area contributed by atoms with Gasteiger partial charge in [0, 0.05) is 23.5 Å². The Balaban J connectivity index is 1.73. The number of hydrogen-bond acceptors (Lipinski definition) is 5. The molecule has 4 rings (SSSR count). The maximum Gasteiger partial charge on any atom is 0.252 e. The molecule has 152 valence electrons. The average Bonchev–Trinajstić information content (AvgIpc) is 3.31. The number of nitrogens with zero attached hydrogens (tertiary/aromatic N) is 5. The summed E-state index contributed by atoms with van der Waals surface area (Å²) in [6, 6.07) is 1.90. The minimum absolute atomic E-state index is 0.132. The second-order valence-electron chi connectivity index (χ2n) is 8.62. The van der Waals surface area contributed by atoms with Crippen molar-refractivity contribution in [3.8, 4) is 0 Å². The number of rotatable bonds is 4. The first-order chi connectivity index (χ1) is 13.6. The molecule has 0 atom stereocenters. The van der Waals surface area contributed by atoms with Gasteiger partial charge in [-0.25, -0.2) is 14.6 Å². The lowest BCUT2D eigenvalue weighted by Gasteiger charge is -2.20. The van der Waals surface area contributed by atoms with Gasteiger partial charge in [0.05, 0.1) is 34.4 Å². The van der Waals surface area contributed by atoms with Gasteiger partial charge in [-0.2, -0.15) is 5.10 Å². The minimum atomic E-state index is -0.231. The first-order valence-corrected chi connectivity index (χ1v) is 10.6. The molecule has 29 heavy (non-hydrogen) atoms. The van der Waals surface area contributed by atoms with Crippen molar-refractivity contribution >= 4 is 33.2 Å². The van der Waals surface area contributed by atoms with E-state index in [4.69, 9.17) is 10.1 Å². The summed E-state index contributed by atoms with van der Waals surface area (Å²) >= 11 is 1.57. The van der Waals surface area contributed by atoms with Crippen LogP contribution in [-0.2, 0) is 12.1 Å². The fourth-order valence-corrected chi connectivity index (χ4v) is 4.10. The zero-order valence-corrected chi connectivity index (χ0v) is 18.5. The van der Waals surface area contributed by atoms with Crippen molar-refractivity contribution in [1.29, 1.82) is 0 Å². The molecule has 0 aromatic carbocycles. The van der Waals surface area contributed by atoms with E-state index in [0.717, 1.165) is 33.1 Å². The van der Waals surface area contributed by atoms with Gasteiger partial charge in [0.25, 0.3) is 5.91 Å². The van der Waals surface area contributed by atoms with Crippen LogP contribution >= 0.6 is 11.3 Å². The molecular formula is C21H26N6OS. The number of fused-ring (bicyclic) bond motifs is 2. The van der Waals surface area contributed by atoms with Crippen LogP contribution in [0.15, 0.2) is 23.8 Å². The zero-order chi connectivity index (χ0) is 20.9. The van der Waals surface area contributed by atoms with Crippen LogP contribution < -0.4 is 5.32 Å². The van der Waals surface area contributed by atoms with E-state index < -0.39 is 0 Å². The highest BCUT2D eigenvalue weighted by molar-refractivity contribution is 7.15. The van der Waals surface area contributed by atoms with Crippen LogP contribution in [-0.4, -0.2) is 30.1 Å². The van der Waals surface area contributed by atoms with Gasteiger partial charge >= 0.3 is 0 Å². The first-order valence-electron chi connectivity index (χ1n) is 9.75. The SMILES string of the molecule is Cc1nn(C(C)(C)C)c2nc(C(C)C)cc(C(=O)NCc3cn4ccsc4n3)c12. The molecule has 4 heterocycles. The number of aryl methyl sites for hydroxylation is 1. The van der Waals surface area contributed by atoms with Gasteiger partial charge in [0.2, 0.25) is 0 Å². The molecule has 0 aliphatic rings. The van der Waals surface area contributed by atoms with E-state index in [0.29, 0.717) is 12.1 Å². The molecule has 0 fully saturated rings. The first kappa shape index (κ1) is 19.6. The van der Waals surface area contributed by atoms with Crippen molar-refractivity contribution in [3.05, 3.63) is 46.5 Å². The molecule has 0 bridgehead atoms. The number of imidazole rings is 1. The molecule has 0 aliphatic heterocycles. The lowest BCUT2D eigenvalue weighted by atomic mass is 10.0. The quantitative estimate of drug-likeness (QED) is 0.545. The molecule has 0 spiro atoms. The molecule has 0 aliphatic carbocycles. The van der Waals surface area contributed by atoms with Gasteiger partial charge in [-0.1, -0.05) is 13.8 Å². The third-order valence-corrected chi connectivity index (χ3v) is 5.65. The lowest BCUT2D eigenvalue weighted by molar-refractivity contribution is 0.0952. The molecule has 7 nitrogen and oxygen atoms in total. The number of thiazole rings is 1. The molecule has 0 unspecified atom stereocenters. The van der Waals surface area contributed by atoms with E-state index in [1.165, 1.54) is 0 Å². The van der Waals surface area contributed by atoms with Crippen molar-refractivity contribution in [3.63, 3.8) is 0 Å². The van der Waals surface area contributed by atoms with Gasteiger partial charge in [-0.15, -0.1) is 11.3 Å². The third kappa shape index (κ3) is 3.53. The predicted molar refractivity (Wildman–Crippen MR) is 116 cm³/mol. The van der Waals surface area contributed by atoms with Gasteiger partial charge in [-0.05, 0) is 39.7 Å². The van der Waals surface area contributed by atoms with Gasteiger partial charge in [0.1, 0.15) is 0 Å². The van der Waals surface area contributed by atoms with E-state index in [2.05, 4.69) is 44.9 Å².